The van der Waals surface area contributed by atoms with Gasteiger partial charge in [0.25, 0.3) is 0 Å². The Bertz CT molecular complexity index is 738. The van der Waals surface area contributed by atoms with Crippen molar-refractivity contribution in [3.05, 3.63) is 64.7 Å². The van der Waals surface area contributed by atoms with Crippen LogP contribution in [0.2, 0.25) is 0 Å². The van der Waals surface area contributed by atoms with Gasteiger partial charge in [-0.2, -0.15) is 0 Å². The van der Waals surface area contributed by atoms with Gasteiger partial charge in [-0.05, 0) is 48.7 Å². The van der Waals surface area contributed by atoms with Gasteiger partial charge in [0, 0.05) is 13.1 Å². The van der Waals surface area contributed by atoms with Crippen LogP contribution in [-0.4, -0.2) is 17.6 Å². The maximum absolute atomic E-state index is 13.3. The van der Waals surface area contributed by atoms with Crippen LogP contribution in [-0.2, 0) is 13.1 Å². The molecule has 2 rings (SSSR count). The highest BCUT2D eigenvalue weighted by molar-refractivity contribution is 14.0. The van der Waals surface area contributed by atoms with Gasteiger partial charge in [0.05, 0.1) is 6.54 Å². The average Bonchev–Trinajstić information content (AvgIpc) is 2.56. The first kappa shape index (κ1) is 21.1. The molecular weight excluding hydrogens is 439 g/mol. The van der Waals surface area contributed by atoms with Crippen LogP contribution >= 0.6 is 24.0 Å². The van der Waals surface area contributed by atoms with E-state index in [2.05, 4.69) is 15.6 Å². The molecule has 0 radical (unpaired) electrons. The molecule has 0 amide bonds. The summed E-state index contributed by atoms with van der Waals surface area (Å²) in [5.74, 6) is -0.681. The fourth-order valence-corrected chi connectivity index (χ4v) is 2.16. The summed E-state index contributed by atoms with van der Waals surface area (Å²) >= 11 is 0. The number of guanidine groups is 1. The van der Waals surface area contributed by atoms with Crippen LogP contribution < -0.4 is 10.6 Å². The van der Waals surface area contributed by atoms with Crippen molar-refractivity contribution in [1.82, 2.24) is 10.6 Å². The lowest BCUT2D eigenvalue weighted by Gasteiger charge is -2.12. The number of hydrogen-bond acceptors (Lipinski definition) is 2. The van der Waals surface area contributed by atoms with Gasteiger partial charge >= 0.3 is 0 Å². The molecule has 0 saturated heterocycles. The molecule has 3 N–H and O–H groups in total. The first-order valence-corrected chi connectivity index (χ1v) is 7.74. The Hall–Kier alpha value is -1.90. The van der Waals surface area contributed by atoms with Crippen molar-refractivity contribution in [3.8, 4) is 5.75 Å². The first-order chi connectivity index (χ1) is 11.5. The summed E-state index contributed by atoms with van der Waals surface area (Å²) in [4.78, 5) is 4.44. The monoisotopic (exact) mass is 461 g/mol. The Morgan fingerprint density at radius 2 is 1.76 bits per heavy atom. The summed E-state index contributed by atoms with van der Waals surface area (Å²) in [6.45, 7) is 5.11. The van der Waals surface area contributed by atoms with Gasteiger partial charge in [0.2, 0.25) is 0 Å². The lowest BCUT2D eigenvalue weighted by molar-refractivity contribution is 0.431. The Balaban J connectivity index is 0.00000312. The molecule has 0 spiro atoms. The van der Waals surface area contributed by atoms with Crippen LogP contribution in [0, 0.1) is 18.6 Å². The van der Waals surface area contributed by atoms with Crippen LogP contribution in [0.4, 0.5) is 8.78 Å². The molecule has 0 bridgehead atoms. The van der Waals surface area contributed by atoms with Gasteiger partial charge < -0.3 is 15.7 Å². The number of benzene rings is 2. The number of aromatic hydroxyl groups is 1. The van der Waals surface area contributed by atoms with E-state index in [1.807, 2.05) is 6.92 Å². The molecule has 0 aliphatic carbocycles. The molecule has 0 saturated carbocycles. The van der Waals surface area contributed by atoms with E-state index in [9.17, 15) is 13.9 Å². The lowest BCUT2D eigenvalue weighted by atomic mass is 10.1. The van der Waals surface area contributed by atoms with Crippen molar-refractivity contribution in [3.63, 3.8) is 0 Å². The Kier molecular flexibility index (Phi) is 8.60. The Morgan fingerprint density at radius 3 is 2.40 bits per heavy atom. The number of phenolic OH excluding ortho intramolecular Hbond substituents is 1. The molecule has 136 valence electrons. The van der Waals surface area contributed by atoms with Crippen LogP contribution in [0.15, 0.2) is 41.4 Å². The quantitative estimate of drug-likeness (QED) is 0.360. The first-order valence-electron chi connectivity index (χ1n) is 7.74. The Labute approximate surface area is 163 Å². The van der Waals surface area contributed by atoms with E-state index in [4.69, 9.17) is 0 Å². The minimum atomic E-state index is -0.655. The smallest absolute Gasteiger partial charge is 0.191 e. The molecule has 2 aromatic carbocycles. The minimum Gasteiger partial charge on any atom is -0.505 e. The normalized spacial score (nSPS) is 11.0. The van der Waals surface area contributed by atoms with Crippen molar-refractivity contribution in [2.75, 3.05) is 6.54 Å². The molecule has 0 aliphatic rings. The summed E-state index contributed by atoms with van der Waals surface area (Å²) in [6, 6.07) is 9.12. The third-order valence-electron chi connectivity index (χ3n) is 3.46. The molecule has 0 aromatic heterocycles. The number of rotatable bonds is 5. The van der Waals surface area contributed by atoms with E-state index >= 15 is 0 Å². The predicted octanol–water partition coefficient (Wildman–Crippen LogP) is 3.85. The highest BCUT2D eigenvalue weighted by Crippen LogP contribution is 2.16. The van der Waals surface area contributed by atoms with Crippen molar-refractivity contribution in [2.45, 2.75) is 26.9 Å². The van der Waals surface area contributed by atoms with Gasteiger partial charge in [0.1, 0.15) is 5.82 Å². The van der Waals surface area contributed by atoms with Gasteiger partial charge in [-0.3, -0.25) is 0 Å². The second-order valence-corrected chi connectivity index (χ2v) is 5.42. The topological polar surface area (TPSA) is 56.7 Å². The van der Waals surface area contributed by atoms with Gasteiger partial charge in [-0.25, -0.2) is 13.8 Å². The zero-order chi connectivity index (χ0) is 17.5. The maximum Gasteiger partial charge on any atom is 0.191 e. The molecule has 4 nitrogen and oxygen atoms in total. The van der Waals surface area contributed by atoms with Gasteiger partial charge in [-0.1, -0.05) is 18.2 Å². The predicted molar refractivity (Wildman–Crippen MR) is 106 cm³/mol. The highest BCUT2D eigenvalue weighted by atomic mass is 127. The summed E-state index contributed by atoms with van der Waals surface area (Å²) in [6.07, 6.45) is 0. The molecule has 0 unspecified atom stereocenters. The third kappa shape index (κ3) is 6.49. The summed E-state index contributed by atoms with van der Waals surface area (Å²) in [7, 11) is 0. The number of aliphatic imine (C=N–C) groups is 1. The van der Waals surface area contributed by atoms with Crippen molar-refractivity contribution in [1.29, 1.82) is 0 Å². The molecule has 0 aliphatic heterocycles. The van der Waals surface area contributed by atoms with Crippen LogP contribution in [0.25, 0.3) is 0 Å². The summed E-state index contributed by atoms with van der Waals surface area (Å²) < 4.78 is 26.6. The molecule has 0 atom stereocenters. The number of halogens is 3. The largest absolute Gasteiger partial charge is 0.505 e. The van der Waals surface area contributed by atoms with E-state index in [1.54, 1.807) is 25.1 Å². The number of aryl methyl sites for hydroxylation is 1. The molecule has 25 heavy (non-hydrogen) atoms. The van der Waals surface area contributed by atoms with Crippen LogP contribution in [0.5, 0.6) is 5.75 Å². The third-order valence-corrected chi connectivity index (χ3v) is 3.46. The second-order valence-electron chi connectivity index (χ2n) is 5.42. The molecule has 2 aromatic rings. The van der Waals surface area contributed by atoms with Gasteiger partial charge in [-0.15, -0.1) is 24.0 Å². The fourth-order valence-electron chi connectivity index (χ4n) is 2.16. The van der Waals surface area contributed by atoms with E-state index in [0.29, 0.717) is 36.7 Å². The van der Waals surface area contributed by atoms with Crippen LogP contribution in [0.1, 0.15) is 23.6 Å². The summed E-state index contributed by atoms with van der Waals surface area (Å²) in [5, 5.41) is 15.4. The molecule has 7 heteroatoms. The zero-order valence-corrected chi connectivity index (χ0v) is 16.5. The number of hydrogen-bond donors (Lipinski definition) is 3. The number of nitrogens with zero attached hydrogens (tertiary/aromatic N) is 1. The second kappa shape index (κ2) is 10.2. The van der Waals surface area contributed by atoms with Gasteiger partial charge in [0.15, 0.2) is 17.5 Å². The Morgan fingerprint density at radius 1 is 1.04 bits per heavy atom. The number of nitrogens with one attached hydrogen (secondary N) is 2. The SMILES string of the molecule is CCNC(=NCc1ccc(F)c(C)c1)NCc1ccc(O)c(F)c1.I. The minimum absolute atomic E-state index is 0. The molecular formula is C18H22F2IN3O. The van der Waals surface area contributed by atoms with Crippen molar-refractivity contribution >= 4 is 29.9 Å². The summed E-state index contributed by atoms with van der Waals surface area (Å²) in [5.41, 5.74) is 2.18. The van der Waals surface area contributed by atoms with E-state index < -0.39 is 5.82 Å². The van der Waals surface area contributed by atoms with Crippen LogP contribution in [0.3, 0.4) is 0 Å². The van der Waals surface area contributed by atoms with E-state index in [0.717, 1.165) is 5.56 Å². The van der Waals surface area contributed by atoms with Crippen molar-refractivity contribution in [2.24, 2.45) is 4.99 Å². The lowest BCUT2D eigenvalue weighted by Crippen LogP contribution is -2.36. The van der Waals surface area contributed by atoms with E-state index in [-0.39, 0.29) is 35.5 Å². The standard InChI is InChI=1S/C18H21F2N3O.HI/c1-3-21-18(22-10-13-4-6-15(19)12(2)8-13)23-11-14-5-7-17(24)16(20)9-14;/h4-9,24H,3,10-11H2,1-2H3,(H2,21,22,23);1H. The zero-order valence-electron chi connectivity index (χ0n) is 14.1. The van der Waals surface area contributed by atoms with E-state index in [1.165, 1.54) is 18.2 Å². The number of phenols is 1. The fraction of sp³-hybridized carbons (Fsp3) is 0.278. The molecule has 0 fully saturated rings. The van der Waals surface area contributed by atoms with Crippen molar-refractivity contribution < 1.29 is 13.9 Å². The molecule has 0 heterocycles. The average molecular weight is 461 g/mol. The maximum atomic E-state index is 13.3. The highest BCUT2D eigenvalue weighted by Gasteiger charge is 2.04.